The van der Waals surface area contributed by atoms with Crippen molar-refractivity contribution in [2.24, 2.45) is 0 Å². The van der Waals surface area contributed by atoms with Crippen LogP contribution in [-0.4, -0.2) is 38.2 Å². The molecular weight excluding hydrogens is 337 g/mol. The van der Waals surface area contributed by atoms with Crippen LogP contribution < -0.4 is 4.74 Å². The fraction of sp³-hybridized carbons (Fsp3) is 0.278. The summed E-state index contributed by atoms with van der Waals surface area (Å²) in [6.45, 7) is 4.42. The third-order valence-corrected chi connectivity index (χ3v) is 4.06. The number of carbonyl (C=O) groups excluding carboxylic acids is 1. The van der Waals surface area contributed by atoms with Crippen molar-refractivity contribution >= 4 is 5.91 Å². The molecule has 136 valence electrons. The second-order valence-corrected chi connectivity index (χ2v) is 6.10. The Morgan fingerprint density at radius 1 is 1.23 bits per heavy atom. The quantitative estimate of drug-likeness (QED) is 0.710. The maximum atomic E-state index is 13.1. The third-order valence-electron chi connectivity index (χ3n) is 4.06. The molecule has 0 unspecified atom stereocenters. The van der Waals surface area contributed by atoms with Crippen LogP contribution in [0.1, 0.15) is 33.1 Å². The Kier molecular flexibility index (Phi) is 5.01. The Hall–Kier alpha value is -3.16. The molecule has 0 saturated carbocycles. The van der Waals surface area contributed by atoms with Gasteiger partial charge in [0.05, 0.1) is 11.4 Å². The molecule has 2 heterocycles. The number of hydrogen-bond donors (Lipinski definition) is 2. The number of carbonyl (C=O) groups is 1. The van der Waals surface area contributed by atoms with Crippen molar-refractivity contribution in [3.05, 3.63) is 64.5 Å². The van der Waals surface area contributed by atoms with Gasteiger partial charge in [0.1, 0.15) is 18.2 Å². The van der Waals surface area contributed by atoms with Crippen molar-refractivity contribution in [2.75, 3.05) is 7.05 Å². The lowest BCUT2D eigenvalue weighted by atomic mass is 10.2. The molecule has 0 spiro atoms. The lowest BCUT2D eigenvalue weighted by Gasteiger charge is -2.15. The fourth-order valence-corrected chi connectivity index (χ4v) is 2.57. The zero-order valence-electron chi connectivity index (χ0n) is 14.8. The van der Waals surface area contributed by atoms with E-state index in [1.165, 1.54) is 12.1 Å². The molecule has 8 heteroatoms. The molecule has 0 saturated heterocycles. The van der Waals surface area contributed by atoms with Gasteiger partial charge >= 0.3 is 0 Å². The topological polar surface area (TPSA) is 86.9 Å². The SMILES string of the molecule is Cc1n[nH]c(C)c1CN(C)C(=O)c1cc(COc2cccc(F)c2)[nH]n1. The van der Waals surface area contributed by atoms with Crippen LogP contribution in [0.5, 0.6) is 5.75 Å². The smallest absolute Gasteiger partial charge is 0.274 e. The van der Waals surface area contributed by atoms with E-state index in [4.69, 9.17) is 4.74 Å². The number of rotatable bonds is 6. The summed E-state index contributed by atoms with van der Waals surface area (Å²) in [4.78, 5) is 14.1. The van der Waals surface area contributed by atoms with Gasteiger partial charge < -0.3 is 9.64 Å². The van der Waals surface area contributed by atoms with Gasteiger partial charge in [-0.3, -0.25) is 15.0 Å². The summed E-state index contributed by atoms with van der Waals surface area (Å²) in [6.07, 6.45) is 0. The number of aryl methyl sites for hydroxylation is 2. The molecule has 1 amide bonds. The highest BCUT2D eigenvalue weighted by molar-refractivity contribution is 5.92. The van der Waals surface area contributed by atoms with Crippen LogP contribution in [-0.2, 0) is 13.2 Å². The highest BCUT2D eigenvalue weighted by atomic mass is 19.1. The maximum absolute atomic E-state index is 13.1. The van der Waals surface area contributed by atoms with Gasteiger partial charge in [-0.15, -0.1) is 0 Å². The van der Waals surface area contributed by atoms with Gasteiger partial charge in [0.2, 0.25) is 0 Å². The summed E-state index contributed by atoms with van der Waals surface area (Å²) in [5, 5.41) is 13.9. The van der Waals surface area contributed by atoms with E-state index in [-0.39, 0.29) is 18.3 Å². The first-order valence-corrected chi connectivity index (χ1v) is 8.12. The van der Waals surface area contributed by atoms with Gasteiger partial charge in [0.15, 0.2) is 5.69 Å². The predicted octanol–water partition coefficient (Wildman–Crippen LogP) is 2.74. The molecule has 26 heavy (non-hydrogen) atoms. The number of amides is 1. The lowest BCUT2D eigenvalue weighted by molar-refractivity contribution is 0.0779. The average Bonchev–Trinajstić information content (AvgIpc) is 3.21. The normalized spacial score (nSPS) is 10.8. The first-order chi connectivity index (χ1) is 12.4. The zero-order chi connectivity index (χ0) is 18.7. The second-order valence-electron chi connectivity index (χ2n) is 6.10. The van der Waals surface area contributed by atoms with Crippen molar-refractivity contribution in [1.29, 1.82) is 0 Å². The number of aromatic nitrogens is 4. The molecule has 3 rings (SSSR count). The Morgan fingerprint density at radius 2 is 2.04 bits per heavy atom. The van der Waals surface area contributed by atoms with Crippen molar-refractivity contribution in [2.45, 2.75) is 27.0 Å². The number of ether oxygens (including phenoxy) is 1. The molecule has 7 nitrogen and oxygen atoms in total. The minimum absolute atomic E-state index is 0.160. The van der Waals surface area contributed by atoms with E-state index in [2.05, 4.69) is 20.4 Å². The zero-order valence-corrected chi connectivity index (χ0v) is 14.8. The Labute approximate surface area is 150 Å². The number of aromatic amines is 2. The van der Waals surface area contributed by atoms with Crippen LogP contribution in [0.15, 0.2) is 30.3 Å². The Balaban J connectivity index is 1.62. The van der Waals surface area contributed by atoms with Gasteiger partial charge in [-0.2, -0.15) is 10.2 Å². The molecule has 0 fully saturated rings. The van der Waals surface area contributed by atoms with Crippen molar-refractivity contribution in [3.8, 4) is 5.75 Å². The molecular formula is C18H20FN5O2. The number of benzene rings is 1. The Morgan fingerprint density at radius 3 is 2.73 bits per heavy atom. The molecule has 1 aromatic carbocycles. The number of hydrogen-bond acceptors (Lipinski definition) is 4. The molecule has 0 atom stereocenters. The summed E-state index contributed by atoms with van der Waals surface area (Å²) in [6, 6.07) is 7.51. The third kappa shape index (κ3) is 3.90. The van der Waals surface area contributed by atoms with Gasteiger partial charge in [-0.05, 0) is 32.0 Å². The molecule has 3 aromatic rings. The first-order valence-electron chi connectivity index (χ1n) is 8.12. The highest BCUT2D eigenvalue weighted by Gasteiger charge is 2.18. The van der Waals surface area contributed by atoms with Crippen LogP contribution in [0.25, 0.3) is 0 Å². The van der Waals surface area contributed by atoms with Crippen molar-refractivity contribution in [1.82, 2.24) is 25.3 Å². The highest BCUT2D eigenvalue weighted by Crippen LogP contribution is 2.15. The number of halogens is 1. The Bertz CT molecular complexity index is 898. The average molecular weight is 357 g/mol. The summed E-state index contributed by atoms with van der Waals surface area (Å²) in [5.41, 5.74) is 3.72. The molecule has 2 aromatic heterocycles. The molecule has 0 aliphatic carbocycles. The van der Waals surface area contributed by atoms with E-state index in [0.717, 1.165) is 17.0 Å². The van der Waals surface area contributed by atoms with Crippen LogP contribution in [0.4, 0.5) is 4.39 Å². The number of nitrogens with zero attached hydrogens (tertiary/aromatic N) is 3. The molecule has 0 aliphatic heterocycles. The van der Waals surface area contributed by atoms with Crippen LogP contribution in [0, 0.1) is 19.7 Å². The summed E-state index contributed by atoms with van der Waals surface area (Å²) in [5.74, 6) is -0.164. The summed E-state index contributed by atoms with van der Waals surface area (Å²) in [7, 11) is 1.71. The van der Waals surface area contributed by atoms with Crippen LogP contribution in [0.3, 0.4) is 0 Å². The number of nitrogens with one attached hydrogen (secondary N) is 2. The minimum atomic E-state index is -0.366. The second kappa shape index (κ2) is 7.38. The van der Waals surface area contributed by atoms with E-state index in [0.29, 0.717) is 23.7 Å². The predicted molar refractivity (Wildman–Crippen MR) is 93.2 cm³/mol. The maximum Gasteiger partial charge on any atom is 0.274 e. The van der Waals surface area contributed by atoms with Gasteiger partial charge in [-0.25, -0.2) is 4.39 Å². The van der Waals surface area contributed by atoms with E-state index in [1.54, 1.807) is 30.1 Å². The number of H-pyrrole nitrogens is 2. The molecule has 0 aliphatic rings. The fourth-order valence-electron chi connectivity index (χ4n) is 2.57. The lowest BCUT2D eigenvalue weighted by Crippen LogP contribution is -2.27. The van der Waals surface area contributed by atoms with Gasteiger partial charge in [0, 0.05) is 30.9 Å². The summed E-state index contributed by atoms with van der Waals surface area (Å²) >= 11 is 0. The van der Waals surface area contributed by atoms with Crippen molar-refractivity contribution in [3.63, 3.8) is 0 Å². The van der Waals surface area contributed by atoms with Gasteiger partial charge in [0.25, 0.3) is 5.91 Å². The molecule has 0 bridgehead atoms. The van der Waals surface area contributed by atoms with Crippen LogP contribution in [0.2, 0.25) is 0 Å². The van der Waals surface area contributed by atoms with E-state index in [9.17, 15) is 9.18 Å². The molecule has 0 radical (unpaired) electrons. The monoisotopic (exact) mass is 357 g/mol. The van der Waals surface area contributed by atoms with E-state index in [1.807, 2.05) is 13.8 Å². The van der Waals surface area contributed by atoms with E-state index >= 15 is 0 Å². The minimum Gasteiger partial charge on any atom is -0.487 e. The van der Waals surface area contributed by atoms with E-state index < -0.39 is 0 Å². The first kappa shape index (κ1) is 17.7. The van der Waals surface area contributed by atoms with Gasteiger partial charge in [-0.1, -0.05) is 6.07 Å². The summed E-state index contributed by atoms with van der Waals surface area (Å²) < 4.78 is 18.6. The standard InChI is InChI=1S/C18H20FN5O2/c1-11-16(12(2)21-20-11)9-24(3)18(25)17-8-14(22-23-17)10-26-15-6-4-5-13(19)7-15/h4-8H,9-10H2,1-3H3,(H,20,21)(H,22,23). The van der Waals surface area contributed by atoms with Crippen molar-refractivity contribution < 1.29 is 13.9 Å². The van der Waals surface area contributed by atoms with Crippen LogP contribution >= 0.6 is 0 Å². The largest absolute Gasteiger partial charge is 0.487 e. The molecule has 2 N–H and O–H groups in total.